The van der Waals surface area contributed by atoms with E-state index in [1.807, 2.05) is 13.0 Å². The number of amides is 1. The van der Waals surface area contributed by atoms with E-state index in [4.69, 9.17) is 25.8 Å². The molecule has 2 aromatic rings. The summed E-state index contributed by atoms with van der Waals surface area (Å²) in [6.07, 6.45) is 0.291. The summed E-state index contributed by atoms with van der Waals surface area (Å²) in [6.45, 7) is 2.37. The number of methoxy groups -OCH3 is 3. The van der Waals surface area contributed by atoms with Gasteiger partial charge in [0.2, 0.25) is 5.91 Å². The highest BCUT2D eigenvalue weighted by Crippen LogP contribution is 2.31. The second kappa shape index (κ2) is 9.20. The van der Waals surface area contributed by atoms with Gasteiger partial charge in [0.15, 0.2) is 11.5 Å². The number of ether oxygens (including phenoxy) is 3. The number of carbonyl (C=O) groups excluding carboxylic acids is 1. The molecule has 0 heterocycles. The quantitative estimate of drug-likeness (QED) is 0.723. The van der Waals surface area contributed by atoms with Crippen LogP contribution >= 0.6 is 11.6 Å². The zero-order valence-electron chi connectivity index (χ0n) is 15.3. The van der Waals surface area contributed by atoms with Crippen molar-refractivity contribution in [2.45, 2.75) is 13.3 Å². The fourth-order valence-corrected chi connectivity index (χ4v) is 2.57. The molecule has 0 aliphatic carbocycles. The Labute approximate surface area is 158 Å². The zero-order valence-corrected chi connectivity index (χ0v) is 16.1. The molecule has 0 aliphatic rings. The Morgan fingerprint density at radius 1 is 1.00 bits per heavy atom. The van der Waals surface area contributed by atoms with Crippen molar-refractivity contribution in [3.63, 3.8) is 0 Å². The summed E-state index contributed by atoms with van der Waals surface area (Å²) >= 11 is 6.09. The Morgan fingerprint density at radius 3 is 2.35 bits per heavy atom. The van der Waals surface area contributed by atoms with Gasteiger partial charge in [-0.2, -0.15) is 0 Å². The second-order valence-corrected chi connectivity index (χ2v) is 6.00. The molecule has 0 spiro atoms. The van der Waals surface area contributed by atoms with Gasteiger partial charge in [-0.25, -0.2) is 0 Å². The number of anilines is 2. The first-order chi connectivity index (χ1) is 12.5. The normalized spacial score (nSPS) is 10.2. The second-order valence-electron chi connectivity index (χ2n) is 5.60. The third-order valence-electron chi connectivity index (χ3n) is 3.82. The smallest absolute Gasteiger partial charge is 0.226 e. The minimum absolute atomic E-state index is 0.116. The number of benzene rings is 2. The van der Waals surface area contributed by atoms with E-state index in [1.54, 1.807) is 45.6 Å². The Kier molecular flexibility index (Phi) is 6.97. The molecule has 0 fully saturated rings. The third-order valence-corrected chi connectivity index (χ3v) is 4.22. The van der Waals surface area contributed by atoms with Gasteiger partial charge in [0, 0.05) is 35.8 Å². The molecule has 2 N–H and O–H groups in total. The Hall–Kier alpha value is -2.60. The molecule has 0 atom stereocenters. The van der Waals surface area contributed by atoms with Crippen LogP contribution in [0.1, 0.15) is 12.0 Å². The predicted molar refractivity (Wildman–Crippen MR) is 104 cm³/mol. The molecule has 0 aliphatic heterocycles. The van der Waals surface area contributed by atoms with Crippen LogP contribution in [0.3, 0.4) is 0 Å². The van der Waals surface area contributed by atoms with Crippen LogP contribution in [0.2, 0.25) is 5.02 Å². The maximum atomic E-state index is 12.2. The molecule has 0 unspecified atom stereocenters. The maximum absolute atomic E-state index is 12.2. The Morgan fingerprint density at radius 2 is 1.69 bits per heavy atom. The lowest BCUT2D eigenvalue weighted by atomic mass is 10.2. The van der Waals surface area contributed by atoms with Crippen LogP contribution in [-0.2, 0) is 4.79 Å². The first kappa shape index (κ1) is 19.7. The predicted octanol–water partition coefficient (Wildman–Crippen LogP) is 4.11. The van der Waals surface area contributed by atoms with E-state index >= 15 is 0 Å². The molecule has 0 saturated heterocycles. The van der Waals surface area contributed by atoms with Crippen molar-refractivity contribution in [1.82, 2.24) is 0 Å². The number of aryl methyl sites for hydroxylation is 1. The highest BCUT2D eigenvalue weighted by molar-refractivity contribution is 6.31. The molecule has 1 amide bonds. The molecular formula is C19H23ClN2O4. The highest BCUT2D eigenvalue weighted by atomic mass is 35.5. The third kappa shape index (κ3) is 4.95. The summed E-state index contributed by atoms with van der Waals surface area (Å²) in [5.41, 5.74) is 2.38. The number of rotatable bonds is 8. The average molecular weight is 379 g/mol. The molecule has 0 bridgehead atoms. The van der Waals surface area contributed by atoms with Crippen LogP contribution in [-0.4, -0.2) is 33.8 Å². The lowest BCUT2D eigenvalue weighted by Crippen LogP contribution is -2.16. The Balaban J connectivity index is 1.93. The van der Waals surface area contributed by atoms with E-state index < -0.39 is 0 Å². The lowest BCUT2D eigenvalue weighted by Gasteiger charge is -2.13. The first-order valence-electron chi connectivity index (χ1n) is 8.08. The fourth-order valence-electron chi connectivity index (χ4n) is 2.42. The van der Waals surface area contributed by atoms with Gasteiger partial charge in [0.25, 0.3) is 0 Å². The SMILES string of the molecule is COc1cc(Cl)c(C)cc1NCCC(=O)Nc1ccc(OC)c(OC)c1. The maximum Gasteiger partial charge on any atom is 0.226 e. The van der Waals surface area contributed by atoms with Crippen molar-refractivity contribution < 1.29 is 19.0 Å². The standard InChI is InChI=1S/C19H23ClN2O4/c1-12-9-15(17(25-3)11-14(12)20)21-8-7-19(23)22-13-5-6-16(24-2)18(10-13)26-4/h5-6,9-11,21H,7-8H2,1-4H3,(H,22,23). The van der Waals surface area contributed by atoms with Crippen molar-refractivity contribution in [2.75, 3.05) is 38.5 Å². The van der Waals surface area contributed by atoms with Gasteiger partial charge in [-0.3, -0.25) is 4.79 Å². The van der Waals surface area contributed by atoms with E-state index in [9.17, 15) is 4.79 Å². The summed E-state index contributed by atoms with van der Waals surface area (Å²) in [5, 5.41) is 6.67. The molecule has 6 nitrogen and oxygen atoms in total. The van der Waals surface area contributed by atoms with Gasteiger partial charge >= 0.3 is 0 Å². The molecule has 7 heteroatoms. The molecule has 0 saturated carbocycles. The van der Waals surface area contributed by atoms with E-state index in [1.165, 1.54) is 0 Å². The molecule has 140 valence electrons. The van der Waals surface area contributed by atoms with Crippen LogP contribution in [0.4, 0.5) is 11.4 Å². The number of hydrogen-bond acceptors (Lipinski definition) is 5. The molecule has 26 heavy (non-hydrogen) atoms. The zero-order chi connectivity index (χ0) is 19.1. The summed E-state index contributed by atoms with van der Waals surface area (Å²) in [4.78, 5) is 12.2. The summed E-state index contributed by atoms with van der Waals surface area (Å²) in [5.74, 6) is 1.69. The largest absolute Gasteiger partial charge is 0.495 e. The molecule has 2 rings (SSSR count). The van der Waals surface area contributed by atoms with E-state index in [2.05, 4.69) is 10.6 Å². The van der Waals surface area contributed by atoms with E-state index in [-0.39, 0.29) is 5.91 Å². The van der Waals surface area contributed by atoms with E-state index in [0.29, 0.717) is 40.9 Å². The molecule has 2 aromatic carbocycles. The van der Waals surface area contributed by atoms with Gasteiger partial charge in [0.05, 0.1) is 27.0 Å². The lowest BCUT2D eigenvalue weighted by molar-refractivity contribution is -0.115. The summed E-state index contributed by atoms with van der Waals surface area (Å²) in [7, 11) is 4.69. The van der Waals surface area contributed by atoms with Gasteiger partial charge in [0.1, 0.15) is 5.75 Å². The molecule has 0 aromatic heterocycles. The number of carbonyl (C=O) groups is 1. The highest BCUT2D eigenvalue weighted by Gasteiger charge is 2.09. The van der Waals surface area contributed by atoms with Crippen molar-refractivity contribution >= 4 is 28.9 Å². The van der Waals surface area contributed by atoms with Crippen LogP contribution in [0.25, 0.3) is 0 Å². The van der Waals surface area contributed by atoms with Crippen molar-refractivity contribution in [1.29, 1.82) is 0 Å². The topological polar surface area (TPSA) is 68.8 Å². The summed E-state index contributed by atoms with van der Waals surface area (Å²) in [6, 6.07) is 8.87. The minimum atomic E-state index is -0.116. The van der Waals surface area contributed by atoms with Gasteiger partial charge in [-0.15, -0.1) is 0 Å². The number of halogens is 1. The van der Waals surface area contributed by atoms with Crippen molar-refractivity contribution in [2.24, 2.45) is 0 Å². The molecule has 0 radical (unpaired) electrons. The number of nitrogens with one attached hydrogen (secondary N) is 2. The minimum Gasteiger partial charge on any atom is -0.495 e. The van der Waals surface area contributed by atoms with Gasteiger partial charge < -0.3 is 24.8 Å². The van der Waals surface area contributed by atoms with Crippen LogP contribution in [0.5, 0.6) is 17.2 Å². The van der Waals surface area contributed by atoms with Crippen molar-refractivity contribution in [3.8, 4) is 17.2 Å². The fraction of sp³-hybridized carbons (Fsp3) is 0.316. The monoisotopic (exact) mass is 378 g/mol. The average Bonchev–Trinajstić information content (AvgIpc) is 2.64. The first-order valence-corrected chi connectivity index (χ1v) is 8.46. The molecular weight excluding hydrogens is 356 g/mol. The Bertz CT molecular complexity index is 780. The number of hydrogen-bond donors (Lipinski definition) is 2. The summed E-state index contributed by atoms with van der Waals surface area (Å²) < 4.78 is 15.7. The van der Waals surface area contributed by atoms with Crippen LogP contribution < -0.4 is 24.8 Å². The van der Waals surface area contributed by atoms with Gasteiger partial charge in [-0.05, 0) is 30.7 Å². The van der Waals surface area contributed by atoms with Crippen molar-refractivity contribution in [3.05, 3.63) is 40.9 Å². The van der Waals surface area contributed by atoms with Crippen LogP contribution in [0, 0.1) is 6.92 Å². The van der Waals surface area contributed by atoms with Gasteiger partial charge in [-0.1, -0.05) is 11.6 Å². The van der Waals surface area contributed by atoms with Crippen LogP contribution in [0.15, 0.2) is 30.3 Å². The van der Waals surface area contributed by atoms with E-state index in [0.717, 1.165) is 11.3 Å².